The van der Waals surface area contributed by atoms with Crippen LogP contribution in [-0.4, -0.2) is 24.0 Å². The Balaban J connectivity index is 2.15. The molecule has 116 valence electrons. The molecule has 0 aliphatic heterocycles. The molecule has 1 N–H and O–H groups in total. The van der Waals surface area contributed by atoms with E-state index in [4.69, 9.17) is 4.74 Å². The van der Waals surface area contributed by atoms with E-state index < -0.39 is 5.60 Å². The monoisotopic (exact) mass is 283 g/mol. The van der Waals surface area contributed by atoms with Gasteiger partial charge in [0.05, 0.1) is 6.42 Å². The number of carbonyl (C=O) groups is 2. The predicted octanol–water partition coefficient (Wildman–Crippen LogP) is 3.05. The maximum atomic E-state index is 11.7. The molecule has 0 aromatic heterocycles. The van der Waals surface area contributed by atoms with Crippen molar-refractivity contribution in [1.82, 2.24) is 5.32 Å². The van der Waals surface area contributed by atoms with E-state index in [2.05, 4.69) is 12.2 Å². The molecule has 20 heavy (non-hydrogen) atoms. The van der Waals surface area contributed by atoms with Crippen LogP contribution in [0.1, 0.15) is 66.2 Å². The molecule has 0 aromatic rings. The Morgan fingerprint density at radius 3 is 2.50 bits per heavy atom. The molecule has 1 aliphatic rings. The van der Waals surface area contributed by atoms with Gasteiger partial charge in [-0.3, -0.25) is 9.59 Å². The molecule has 2 atom stereocenters. The normalized spacial score (nSPS) is 23.2. The SMILES string of the molecule is CC1CCCC(CNC(=O)CCC(=O)OC(C)(C)C)C1. The number of rotatable bonds is 5. The van der Waals surface area contributed by atoms with E-state index in [-0.39, 0.29) is 24.7 Å². The van der Waals surface area contributed by atoms with Crippen molar-refractivity contribution in [2.24, 2.45) is 11.8 Å². The molecule has 0 saturated heterocycles. The van der Waals surface area contributed by atoms with Crippen LogP contribution in [0.4, 0.5) is 0 Å². The van der Waals surface area contributed by atoms with Crippen molar-refractivity contribution in [3.63, 3.8) is 0 Å². The van der Waals surface area contributed by atoms with Gasteiger partial charge in [-0.25, -0.2) is 0 Å². The fourth-order valence-corrected chi connectivity index (χ4v) is 2.70. The summed E-state index contributed by atoms with van der Waals surface area (Å²) in [4.78, 5) is 23.2. The van der Waals surface area contributed by atoms with E-state index in [1.54, 1.807) is 0 Å². The van der Waals surface area contributed by atoms with Crippen LogP contribution in [0.3, 0.4) is 0 Å². The van der Waals surface area contributed by atoms with Gasteiger partial charge < -0.3 is 10.1 Å². The zero-order valence-corrected chi connectivity index (χ0v) is 13.3. The maximum absolute atomic E-state index is 11.7. The molecule has 4 heteroatoms. The molecule has 4 nitrogen and oxygen atoms in total. The van der Waals surface area contributed by atoms with Crippen molar-refractivity contribution in [2.45, 2.75) is 71.8 Å². The first-order valence-electron chi connectivity index (χ1n) is 7.75. The third-order valence-corrected chi connectivity index (χ3v) is 3.61. The summed E-state index contributed by atoms with van der Waals surface area (Å²) in [6.45, 7) is 8.51. The molecular formula is C16H29NO3. The number of amides is 1. The minimum Gasteiger partial charge on any atom is -0.460 e. The van der Waals surface area contributed by atoms with E-state index >= 15 is 0 Å². The number of ether oxygens (including phenoxy) is 1. The minimum absolute atomic E-state index is 0.0471. The summed E-state index contributed by atoms with van der Waals surface area (Å²) in [6.07, 6.45) is 5.35. The molecule has 1 aliphatic carbocycles. The van der Waals surface area contributed by atoms with Gasteiger partial charge in [0.2, 0.25) is 5.91 Å². The standard InChI is InChI=1S/C16H29NO3/c1-12-6-5-7-13(10-12)11-17-14(18)8-9-15(19)20-16(2,3)4/h12-13H,5-11H2,1-4H3,(H,17,18). The largest absolute Gasteiger partial charge is 0.460 e. The predicted molar refractivity (Wildman–Crippen MR) is 79.2 cm³/mol. The molecule has 1 saturated carbocycles. The smallest absolute Gasteiger partial charge is 0.306 e. The Morgan fingerprint density at radius 2 is 1.90 bits per heavy atom. The number of carbonyl (C=O) groups excluding carboxylic acids is 2. The second-order valence-corrected chi connectivity index (χ2v) is 7.03. The van der Waals surface area contributed by atoms with Crippen molar-refractivity contribution < 1.29 is 14.3 Å². The van der Waals surface area contributed by atoms with Gasteiger partial charge >= 0.3 is 5.97 Å². The van der Waals surface area contributed by atoms with Crippen LogP contribution in [0.5, 0.6) is 0 Å². The lowest BCUT2D eigenvalue weighted by Crippen LogP contribution is -2.32. The van der Waals surface area contributed by atoms with Crippen LogP contribution in [0.2, 0.25) is 0 Å². The molecule has 1 fully saturated rings. The van der Waals surface area contributed by atoms with Gasteiger partial charge in [0.15, 0.2) is 0 Å². The first kappa shape index (κ1) is 17.0. The summed E-state index contributed by atoms with van der Waals surface area (Å²) in [6, 6.07) is 0. The Hall–Kier alpha value is -1.06. The third-order valence-electron chi connectivity index (χ3n) is 3.61. The van der Waals surface area contributed by atoms with E-state index in [1.807, 2.05) is 20.8 Å². The summed E-state index contributed by atoms with van der Waals surface area (Å²) in [5.41, 5.74) is -0.480. The molecule has 1 rings (SSSR count). The second kappa shape index (κ2) is 7.65. The van der Waals surface area contributed by atoms with Gasteiger partial charge in [0.1, 0.15) is 5.60 Å². The molecule has 2 unspecified atom stereocenters. The lowest BCUT2D eigenvalue weighted by atomic mass is 9.82. The van der Waals surface area contributed by atoms with E-state index in [9.17, 15) is 9.59 Å². The molecule has 0 aromatic carbocycles. The quantitative estimate of drug-likeness (QED) is 0.789. The van der Waals surface area contributed by atoms with Crippen molar-refractivity contribution in [1.29, 1.82) is 0 Å². The van der Waals surface area contributed by atoms with E-state index in [1.165, 1.54) is 25.7 Å². The van der Waals surface area contributed by atoms with Gasteiger partial charge in [-0.05, 0) is 45.4 Å². The Kier molecular flexibility index (Phi) is 6.50. The fourth-order valence-electron chi connectivity index (χ4n) is 2.70. The lowest BCUT2D eigenvalue weighted by molar-refractivity contribution is -0.155. The van der Waals surface area contributed by atoms with Crippen molar-refractivity contribution in [3.8, 4) is 0 Å². The fraction of sp³-hybridized carbons (Fsp3) is 0.875. The van der Waals surface area contributed by atoms with Gasteiger partial charge in [0, 0.05) is 13.0 Å². The molecule has 0 bridgehead atoms. The molecule has 0 radical (unpaired) electrons. The highest BCUT2D eigenvalue weighted by Gasteiger charge is 2.20. The van der Waals surface area contributed by atoms with E-state index in [0.29, 0.717) is 5.92 Å². The molecular weight excluding hydrogens is 254 g/mol. The second-order valence-electron chi connectivity index (χ2n) is 7.03. The number of hydrogen-bond donors (Lipinski definition) is 1. The molecule has 0 spiro atoms. The molecule has 0 heterocycles. The highest BCUT2D eigenvalue weighted by atomic mass is 16.6. The summed E-state index contributed by atoms with van der Waals surface area (Å²) >= 11 is 0. The average Bonchev–Trinajstić information content (AvgIpc) is 2.32. The highest BCUT2D eigenvalue weighted by Crippen LogP contribution is 2.27. The number of esters is 1. The van der Waals surface area contributed by atoms with Crippen molar-refractivity contribution in [2.75, 3.05) is 6.54 Å². The Morgan fingerprint density at radius 1 is 1.20 bits per heavy atom. The summed E-state index contributed by atoms with van der Waals surface area (Å²) in [7, 11) is 0. The first-order valence-corrected chi connectivity index (χ1v) is 7.75. The van der Waals surface area contributed by atoms with Gasteiger partial charge in [-0.2, -0.15) is 0 Å². The molecule has 1 amide bonds. The Bertz CT molecular complexity index is 333. The average molecular weight is 283 g/mol. The summed E-state index contributed by atoms with van der Waals surface area (Å²) in [5, 5.41) is 2.94. The van der Waals surface area contributed by atoms with Crippen LogP contribution >= 0.6 is 0 Å². The van der Waals surface area contributed by atoms with Crippen molar-refractivity contribution in [3.05, 3.63) is 0 Å². The van der Waals surface area contributed by atoms with Gasteiger partial charge in [-0.1, -0.05) is 19.8 Å². The Labute approximate surface area is 122 Å². The van der Waals surface area contributed by atoms with Crippen LogP contribution in [-0.2, 0) is 14.3 Å². The van der Waals surface area contributed by atoms with Crippen molar-refractivity contribution >= 4 is 11.9 Å². The topological polar surface area (TPSA) is 55.4 Å². The first-order chi connectivity index (χ1) is 9.26. The van der Waals surface area contributed by atoms with Crippen LogP contribution in [0, 0.1) is 11.8 Å². The minimum atomic E-state index is -0.480. The van der Waals surface area contributed by atoms with Crippen LogP contribution < -0.4 is 5.32 Å². The maximum Gasteiger partial charge on any atom is 0.306 e. The van der Waals surface area contributed by atoms with Crippen LogP contribution in [0.25, 0.3) is 0 Å². The summed E-state index contributed by atoms with van der Waals surface area (Å²) in [5.74, 6) is 1.02. The number of hydrogen-bond acceptors (Lipinski definition) is 3. The lowest BCUT2D eigenvalue weighted by Gasteiger charge is -2.26. The zero-order chi connectivity index (χ0) is 15.2. The van der Waals surface area contributed by atoms with Gasteiger partial charge in [-0.15, -0.1) is 0 Å². The van der Waals surface area contributed by atoms with Gasteiger partial charge in [0.25, 0.3) is 0 Å². The number of nitrogens with one attached hydrogen (secondary N) is 1. The third kappa shape index (κ3) is 7.51. The zero-order valence-electron chi connectivity index (χ0n) is 13.3. The summed E-state index contributed by atoms with van der Waals surface area (Å²) < 4.78 is 5.18. The highest BCUT2D eigenvalue weighted by molar-refractivity contribution is 5.81. The van der Waals surface area contributed by atoms with E-state index in [0.717, 1.165) is 12.5 Å². The van der Waals surface area contributed by atoms with Crippen LogP contribution in [0.15, 0.2) is 0 Å².